The highest BCUT2D eigenvalue weighted by atomic mass is 14.9. The number of aryl methyl sites for hydroxylation is 1. The molecule has 7 rings (SSSR count). The zero-order valence-corrected chi connectivity index (χ0v) is 20.7. The summed E-state index contributed by atoms with van der Waals surface area (Å²) in [4.78, 5) is 0. The minimum Gasteiger partial charge on any atom is -0.308 e. The smallest absolute Gasteiger partial charge is 0.0628 e. The highest BCUT2D eigenvalue weighted by molar-refractivity contribution is 6.21. The number of para-hydroxylation sites is 1. The molecule has 0 amide bonds. The molecule has 0 aliphatic heterocycles. The second-order valence-electron chi connectivity index (χ2n) is 10.5. The summed E-state index contributed by atoms with van der Waals surface area (Å²) >= 11 is 0. The first-order chi connectivity index (χ1) is 17.2. The first kappa shape index (κ1) is 20.8. The molecule has 1 aliphatic rings. The van der Waals surface area contributed by atoms with Crippen molar-refractivity contribution in [3.63, 3.8) is 0 Å². The summed E-state index contributed by atoms with van der Waals surface area (Å²) in [6.07, 6.45) is 11.1. The Morgan fingerprint density at radius 2 is 1.63 bits per heavy atom. The van der Waals surface area contributed by atoms with Gasteiger partial charge in [0, 0.05) is 21.5 Å². The van der Waals surface area contributed by atoms with E-state index in [4.69, 9.17) is 6.58 Å². The third-order valence-electron chi connectivity index (χ3n) is 8.51. The normalized spacial score (nSPS) is 15.3. The summed E-state index contributed by atoms with van der Waals surface area (Å²) in [5.74, 6) is 0.800. The van der Waals surface area contributed by atoms with Crippen LogP contribution >= 0.6 is 0 Å². The molecule has 1 aliphatic carbocycles. The number of fused-ring (bicyclic) bond motifs is 6. The zero-order chi connectivity index (χ0) is 23.7. The highest BCUT2D eigenvalue weighted by Gasteiger charge is 2.23. The van der Waals surface area contributed by atoms with Crippen LogP contribution in [0.1, 0.15) is 49.3 Å². The van der Waals surface area contributed by atoms with Crippen molar-refractivity contribution in [2.75, 3.05) is 0 Å². The van der Waals surface area contributed by atoms with Gasteiger partial charge in [0.1, 0.15) is 0 Å². The molecule has 35 heavy (non-hydrogen) atoms. The summed E-state index contributed by atoms with van der Waals surface area (Å²) in [7, 11) is 0. The minimum atomic E-state index is 0.800. The second-order valence-corrected chi connectivity index (χ2v) is 10.5. The Balaban J connectivity index is 1.77. The van der Waals surface area contributed by atoms with Gasteiger partial charge in [-0.25, -0.2) is 0 Å². The Labute approximate surface area is 206 Å². The molecule has 0 N–H and O–H groups in total. The van der Waals surface area contributed by atoms with Gasteiger partial charge in [0.15, 0.2) is 0 Å². The molecule has 6 aromatic rings. The number of benzene rings is 4. The molecule has 1 heteroatoms. The fourth-order valence-corrected chi connectivity index (χ4v) is 7.03. The predicted molar refractivity (Wildman–Crippen MR) is 153 cm³/mol. The zero-order valence-electron chi connectivity index (χ0n) is 20.7. The van der Waals surface area contributed by atoms with Crippen LogP contribution in [-0.2, 0) is 6.42 Å². The quantitative estimate of drug-likeness (QED) is 0.236. The lowest BCUT2D eigenvalue weighted by Crippen LogP contribution is -2.11. The SMILES string of the molecule is C=c1c2c(C)c3ccccc3cc2n2c3ccccc3c3c(CC4CCCC4)cc(/C=C\C)c1c32. The number of aromatic nitrogens is 1. The van der Waals surface area contributed by atoms with Gasteiger partial charge in [-0.2, -0.15) is 0 Å². The molecule has 1 fully saturated rings. The van der Waals surface area contributed by atoms with E-state index in [9.17, 15) is 0 Å². The van der Waals surface area contributed by atoms with E-state index in [1.165, 1.54) is 97.7 Å². The van der Waals surface area contributed by atoms with Gasteiger partial charge in [0.2, 0.25) is 0 Å². The average molecular weight is 454 g/mol. The molecule has 0 unspecified atom stereocenters. The highest BCUT2D eigenvalue weighted by Crippen LogP contribution is 2.41. The van der Waals surface area contributed by atoms with E-state index in [-0.39, 0.29) is 0 Å². The molecule has 0 radical (unpaired) electrons. The summed E-state index contributed by atoms with van der Waals surface area (Å²) in [5.41, 5.74) is 8.06. The van der Waals surface area contributed by atoms with E-state index >= 15 is 0 Å². The molecule has 2 aromatic heterocycles. The van der Waals surface area contributed by atoms with Crippen molar-refractivity contribution in [2.24, 2.45) is 5.92 Å². The number of hydrogen-bond acceptors (Lipinski definition) is 0. The van der Waals surface area contributed by atoms with Gasteiger partial charge in [0.25, 0.3) is 0 Å². The Hall–Kier alpha value is -3.58. The number of rotatable bonds is 3. The van der Waals surface area contributed by atoms with E-state index in [0.29, 0.717) is 0 Å². The fourth-order valence-electron chi connectivity index (χ4n) is 7.03. The third-order valence-corrected chi connectivity index (χ3v) is 8.51. The van der Waals surface area contributed by atoms with Crippen molar-refractivity contribution in [1.29, 1.82) is 0 Å². The first-order valence-electron chi connectivity index (χ1n) is 13.1. The summed E-state index contributed by atoms with van der Waals surface area (Å²) < 4.78 is 2.55. The van der Waals surface area contributed by atoms with Crippen LogP contribution in [0.4, 0.5) is 0 Å². The van der Waals surface area contributed by atoms with Crippen LogP contribution in [0.15, 0.2) is 66.7 Å². The van der Waals surface area contributed by atoms with Crippen LogP contribution < -0.4 is 5.22 Å². The molecule has 2 heterocycles. The van der Waals surface area contributed by atoms with E-state index in [1.807, 2.05) is 0 Å². The topological polar surface area (TPSA) is 4.41 Å². The molecule has 1 nitrogen and oxygen atoms in total. The van der Waals surface area contributed by atoms with E-state index in [2.05, 4.69) is 91.1 Å². The summed E-state index contributed by atoms with van der Waals surface area (Å²) in [6.45, 7) is 9.14. The number of hydrogen-bond donors (Lipinski definition) is 0. The van der Waals surface area contributed by atoms with Gasteiger partial charge in [-0.1, -0.05) is 92.9 Å². The molecule has 172 valence electrons. The lowest BCUT2D eigenvalue weighted by molar-refractivity contribution is 0.548. The largest absolute Gasteiger partial charge is 0.308 e. The standard InChI is InChI=1S/C34H31N/c1-4-11-25-19-26(18-23-12-5-6-13-23)33-28-16-9-10-17-29(28)35-30-20-24-14-7-8-15-27(24)21(2)31(30)22(3)32(25)34(33)35/h4,7-11,14-17,19-20,23H,3,5-6,12-13,18H2,1-2H3/b11-4-. The number of pyridine rings is 1. The van der Waals surface area contributed by atoms with Crippen LogP contribution in [0.3, 0.4) is 0 Å². The molecule has 1 saturated carbocycles. The monoisotopic (exact) mass is 453 g/mol. The molecular weight excluding hydrogens is 422 g/mol. The maximum Gasteiger partial charge on any atom is 0.0628 e. The van der Waals surface area contributed by atoms with Gasteiger partial charge >= 0.3 is 0 Å². The summed E-state index contributed by atoms with van der Waals surface area (Å²) in [6, 6.07) is 22.7. The van der Waals surface area contributed by atoms with Crippen LogP contribution in [0, 0.1) is 12.8 Å². The average Bonchev–Trinajstić information content (AvgIpc) is 3.50. The Bertz CT molecular complexity index is 1860. The Morgan fingerprint density at radius 1 is 0.886 bits per heavy atom. The van der Waals surface area contributed by atoms with Crippen molar-refractivity contribution in [3.8, 4) is 0 Å². The maximum absolute atomic E-state index is 4.75. The summed E-state index contributed by atoms with van der Waals surface area (Å²) in [5, 5.41) is 9.16. The van der Waals surface area contributed by atoms with Gasteiger partial charge in [-0.15, -0.1) is 0 Å². The van der Waals surface area contributed by atoms with Gasteiger partial charge in [-0.05, 0) is 71.0 Å². The molecule has 0 atom stereocenters. The maximum atomic E-state index is 4.75. The van der Waals surface area contributed by atoms with Gasteiger partial charge in [-0.3, -0.25) is 0 Å². The van der Waals surface area contributed by atoms with Gasteiger partial charge in [0.05, 0.1) is 16.6 Å². The van der Waals surface area contributed by atoms with Crippen LogP contribution in [0.2, 0.25) is 0 Å². The van der Waals surface area contributed by atoms with Crippen molar-refractivity contribution in [1.82, 2.24) is 4.40 Å². The Morgan fingerprint density at radius 3 is 2.43 bits per heavy atom. The minimum absolute atomic E-state index is 0.800. The van der Waals surface area contributed by atoms with E-state index < -0.39 is 0 Å². The molecule has 0 spiro atoms. The second kappa shape index (κ2) is 7.71. The lowest BCUT2D eigenvalue weighted by Gasteiger charge is -2.18. The van der Waals surface area contributed by atoms with Crippen LogP contribution in [0.25, 0.3) is 61.5 Å². The fraction of sp³-hybridized carbons (Fsp3) is 0.235. The predicted octanol–water partition coefficient (Wildman–Crippen LogP) is 8.76. The Kier molecular flexibility index (Phi) is 4.58. The molecule has 4 aromatic carbocycles. The van der Waals surface area contributed by atoms with Crippen molar-refractivity contribution in [2.45, 2.75) is 46.0 Å². The van der Waals surface area contributed by atoms with Crippen LogP contribution in [-0.4, -0.2) is 4.40 Å². The van der Waals surface area contributed by atoms with Crippen molar-refractivity contribution < 1.29 is 0 Å². The van der Waals surface area contributed by atoms with Crippen LogP contribution in [0.5, 0.6) is 0 Å². The number of nitrogens with zero attached hydrogens (tertiary/aromatic N) is 1. The molecule has 0 bridgehead atoms. The lowest BCUT2D eigenvalue weighted by atomic mass is 9.89. The first-order valence-corrected chi connectivity index (χ1v) is 13.1. The van der Waals surface area contributed by atoms with Gasteiger partial charge < -0.3 is 4.40 Å². The van der Waals surface area contributed by atoms with E-state index in [1.54, 1.807) is 0 Å². The molecular formula is C34H31N. The molecule has 0 saturated heterocycles. The van der Waals surface area contributed by atoms with E-state index in [0.717, 1.165) is 11.1 Å². The van der Waals surface area contributed by atoms with Crippen molar-refractivity contribution in [3.05, 3.63) is 88.6 Å². The number of allylic oxidation sites excluding steroid dienone is 1. The van der Waals surface area contributed by atoms with Crippen molar-refractivity contribution >= 4 is 61.5 Å². The third kappa shape index (κ3) is 2.88.